The summed E-state index contributed by atoms with van der Waals surface area (Å²) in [6, 6.07) is 12.4. The molecule has 0 N–H and O–H groups in total. The summed E-state index contributed by atoms with van der Waals surface area (Å²) in [6.07, 6.45) is 0. The van der Waals surface area contributed by atoms with Gasteiger partial charge in [-0.25, -0.2) is 13.4 Å². The van der Waals surface area contributed by atoms with E-state index in [4.69, 9.17) is 4.74 Å². The molecule has 0 radical (unpaired) electrons. The van der Waals surface area contributed by atoms with Gasteiger partial charge in [0.1, 0.15) is 17.4 Å². The van der Waals surface area contributed by atoms with Crippen molar-refractivity contribution < 1.29 is 18.1 Å². The first-order valence-corrected chi connectivity index (χ1v) is 10.5. The Hall–Kier alpha value is -2.78. The van der Waals surface area contributed by atoms with E-state index in [2.05, 4.69) is 4.98 Å². The van der Waals surface area contributed by atoms with Crippen LogP contribution in [0.1, 0.15) is 16.3 Å². The van der Waals surface area contributed by atoms with Gasteiger partial charge in [-0.2, -0.15) is 0 Å². The molecule has 7 nitrogen and oxygen atoms in total. The molecule has 3 aromatic rings. The van der Waals surface area contributed by atoms with Crippen molar-refractivity contribution in [3.63, 3.8) is 0 Å². The van der Waals surface area contributed by atoms with Gasteiger partial charge in [0.2, 0.25) is 0 Å². The van der Waals surface area contributed by atoms with Crippen molar-refractivity contribution in [2.75, 3.05) is 0 Å². The highest BCUT2D eigenvalue weighted by Crippen LogP contribution is 2.22. The third-order valence-electron chi connectivity index (χ3n) is 3.73. The smallest absolute Gasteiger partial charge is 0.269 e. The number of rotatable bonds is 7. The number of benzene rings is 2. The summed E-state index contributed by atoms with van der Waals surface area (Å²) in [6.45, 7) is 2.24. The van der Waals surface area contributed by atoms with E-state index >= 15 is 0 Å². The second-order valence-electron chi connectivity index (χ2n) is 5.84. The van der Waals surface area contributed by atoms with Crippen LogP contribution >= 0.6 is 11.3 Å². The van der Waals surface area contributed by atoms with Gasteiger partial charge in [0.15, 0.2) is 9.84 Å². The lowest BCUT2D eigenvalue weighted by Crippen LogP contribution is -2.06. The molecule has 0 fully saturated rings. The highest BCUT2D eigenvalue weighted by Gasteiger charge is 2.18. The average Bonchev–Trinajstić information content (AvgIpc) is 3.08. The van der Waals surface area contributed by atoms with Crippen molar-refractivity contribution in [2.24, 2.45) is 0 Å². The summed E-state index contributed by atoms with van der Waals surface area (Å²) < 4.78 is 30.6. The number of thiazole rings is 1. The minimum Gasteiger partial charge on any atom is -0.486 e. The molecule has 1 heterocycles. The minimum atomic E-state index is -3.63. The van der Waals surface area contributed by atoms with Crippen molar-refractivity contribution >= 4 is 26.9 Å². The summed E-state index contributed by atoms with van der Waals surface area (Å²) in [4.78, 5) is 14.4. The van der Waals surface area contributed by atoms with E-state index in [1.807, 2.05) is 31.2 Å². The Balaban J connectivity index is 1.65. The summed E-state index contributed by atoms with van der Waals surface area (Å²) in [7, 11) is -3.63. The van der Waals surface area contributed by atoms with Crippen LogP contribution in [-0.2, 0) is 22.2 Å². The van der Waals surface area contributed by atoms with E-state index in [-0.39, 0.29) is 22.9 Å². The Morgan fingerprint density at radius 2 is 1.78 bits per heavy atom. The van der Waals surface area contributed by atoms with E-state index in [9.17, 15) is 18.5 Å². The molecular formula is C18H16N2O5S2. The minimum absolute atomic E-state index is 0.0264. The number of nitrogens with zero attached hydrogens (tertiary/aromatic N) is 2. The molecule has 0 aliphatic rings. The zero-order valence-electron chi connectivity index (χ0n) is 14.4. The van der Waals surface area contributed by atoms with Crippen LogP contribution in [0.15, 0.2) is 58.8 Å². The number of sulfone groups is 1. The van der Waals surface area contributed by atoms with E-state index in [0.29, 0.717) is 10.7 Å². The summed E-state index contributed by atoms with van der Waals surface area (Å²) in [5.74, 6) is 0.446. The number of hydrogen-bond acceptors (Lipinski definition) is 7. The van der Waals surface area contributed by atoms with E-state index in [1.54, 1.807) is 5.38 Å². The molecule has 0 atom stereocenters. The first-order valence-electron chi connectivity index (χ1n) is 7.93. The number of hydrogen-bond donors (Lipinski definition) is 0. The highest BCUT2D eigenvalue weighted by atomic mass is 32.2. The van der Waals surface area contributed by atoms with E-state index in [1.165, 1.54) is 35.6 Å². The molecular weight excluding hydrogens is 388 g/mol. The quantitative estimate of drug-likeness (QED) is 0.437. The van der Waals surface area contributed by atoms with Gasteiger partial charge < -0.3 is 4.74 Å². The predicted octanol–water partition coefficient (Wildman–Crippen LogP) is 3.91. The Bertz CT molecular complexity index is 1040. The molecule has 0 amide bonds. The highest BCUT2D eigenvalue weighted by molar-refractivity contribution is 7.90. The molecule has 1 aromatic heterocycles. The molecule has 9 heteroatoms. The largest absolute Gasteiger partial charge is 0.486 e. The van der Waals surface area contributed by atoms with Gasteiger partial charge in [0.25, 0.3) is 5.69 Å². The molecule has 0 saturated heterocycles. The molecule has 140 valence electrons. The number of nitro groups is 1. The van der Waals surface area contributed by atoms with Crippen molar-refractivity contribution in [3.8, 4) is 5.75 Å². The average molecular weight is 404 g/mol. The maximum absolute atomic E-state index is 12.5. The maximum atomic E-state index is 12.5. The summed E-state index contributed by atoms with van der Waals surface area (Å²) in [5.41, 5.74) is 1.40. The SMILES string of the molecule is Cc1ccc(OCc2nc(CS(=O)(=O)c3ccc([N+](=O)[O-])cc3)cs2)cc1. The van der Waals surface area contributed by atoms with Gasteiger partial charge >= 0.3 is 0 Å². The molecule has 0 aliphatic carbocycles. The van der Waals surface area contributed by atoms with E-state index < -0.39 is 14.8 Å². The third kappa shape index (κ3) is 4.89. The maximum Gasteiger partial charge on any atom is 0.269 e. The van der Waals surface area contributed by atoms with Crippen LogP contribution in [0, 0.1) is 17.0 Å². The molecule has 0 unspecified atom stereocenters. The lowest BCUT2D eigenvalue weighted by molar-refractivity contribution is -0.384. The molecule has 0 spiro atoms. The molecule has 3 rings (SSSR count). The van der Waals surface area contributed by atoms with Crippen LogP contribution in [-0.4, -0.2) is 18.3 Å². The number of aryl methyl sites for hydroxylation is 1. The fourth-order valence-electron chi connectivity index (χ4n) is 2.31. The van der Waals surface area contributed by atoms with Gasteiger partial charge in [-0.05, 0) is 31.2 Å². The molecule has 27 heavy (non-hydrogen) atoms. The first-order chi connectivity index (χ1) is 12.8. The zero-order chi connectivity index (χ0) is 19.4. The second-order valence-corrected chi connectivity index (χ2v) is 8.78. The lowest BCUT2D eigenvalue weighted by Gasteiger charge is -2.04. The topological polar surface area (TPSA) is 99.4 Å². The fourth-order valence-corrected chi connectivity index (χ4v) is 4.38. The molecule has 0 saturated carbocycles. The van der Waals surface area contributed by atoms with Crippen LogP contribution < -0.4 is 4.74 Å². The number of aromatic nitrogens is 1. The summed E-state index contributed by atoms with van der Waals surface area (Å²) >= 11 is 1.32. The van der Waals surface area contributed by atoms with Gasteiger partial charge in [-0.1, -0.05) is 17.7 Å². The van der Waals surface area contributed by atoms with Gasteiger partial charge in [-0.3, -0.25) is 10.1 Å². The van der Waals surface area contributed by atoms with Crippen molar-refractivity contribution in [1.29, 1.82) is 0 Å². The number of nitro benzene ring substituents is 1. The third-order valence-corrected chi connectivity index (χ3v) is 6.26. The van der Waals surface area contributed by atoms with Crippen LogP contribution in [0.4, 0.5) is 5.69 Å². The summed E-state index contributed by atoms with van der Waals surface area (Å²) in [5, 5.41) is 13.0. The Morgan fingerprint density at radius 1 is 1.11 bits per heavy atom. The van der Waals surface area contributed by atoms with Crippen molar-refractivity contribution in [3.05, 3.63) is 80.3 Å². The molecule has 0 aliphatic heterocycles. The van der Waals surface area contributed by atoms with Crippen molar-refractivity contribution in [2.45, 2.75) is 24.2 Å². The monoisotopic (exact) mass is 404 g/mol. The Morgan fingerprint density at radius 3 is 2.41 bits per heavy atom. The van der Waals surface area contributed by atoms with Gasteiger partial charge in [0, 0.05) is 17.5 Å². The Kier molecular flexibility index (Phi) is 5.52. The Labute approximate surface area is 160 Å². The van der Waals surface area contributed by atoms with Crippen LogP contribution in [0.5, 0.6) is 5.75 Å². The second kappa shape index (κ2) is 7.85. The molecule has 2 aromatic carbocycles. The first kappa shape index (κ1) is 19.0. The number of non-ortho nitro benzene ring substituents is 1. The van der Waals surface area contributed by atoms with E-state index in [0.717, 1.165) is 11.3 Å². The van der Waals surface area contributed by atoms with Crippen LogP contribution in [0.3, 0.4) is 0 Å². The molecule has 0 bridgehead atoms. The fraction of sp³-hybridized carbons (Fsp3) is 0.167. The number of ether oxygens (including phenoxy) is 1. The predicted molar refractivity (Wildman–Crippen MR) is 102 cm³/mol. The van der Waals surface area contributed by atoms with Gasteiger partial charge in [-0.15, -0.1) is 11.3 Å². The lowest BCUT2D eigenvalue weighted by atomic mass is 10.2. The normalized spacial score (nSPS) is 11.3. The van der Waals surface area contributed by atoms with Crippen LogP contribution in [0.25, 0.3) is 0 Å². The van der Waals surface area contributed by atoms with Gasteiger partial charge in [0.05, 0.1) is 21.3 Å². The van der Waals surface area contributed by atoms with Crippen LogP contribution in [0.2, 0.25) is 0 Å². The van der Waals surface area contributed by atoms with Crippen molar-refractivity contribution in [1.82, 2.24) is 4.98 Å². The zero-order valence-corrected chi connectivity index (χ0v) is 16.0. The standard InChI is InChI=1S/C18H16N2O5S2/c1-13-2-6-16(7-3-13)25-10-18-19-14(11-26-18)12-27(23,24)17-8-4-15(5-9-17)20(21)22/h2-9,11H,10,12H2,1H3.